The molecule has 0 radical (unpaired) electrons. The van der Waals surface area contributed by atoms with Crippen molar-refractivity contribution in [1.82, 2.24) is 0 Å². The standard InChI is InChI=1S/C40H32/c1-2-4-7-19-30(20-8-5-3-1)39-34-23-13-15-25-36(34)40(37-26-16-14-24-35(37)39)38-28-27-31(29-17-9-6-10-18-29)32-21-11-12-22-33(32)38/h1-28,32-34,36H. The summed E-state index contributed by atoms with van der Waals surface area (Å²) < 4.78 is 0. The fraction of sp³-hybridized carbons (Fsp3) is 0.100. The van der Waals surface area contributed by atoms with Gasteiger partial charge in [0.25, 0.3) is 0 Å². The van der Waals surface area contributed by atoms with Gasteiger partial charge >= 0.3 is 0 Å². The SMILES string of the molecule is C1=CC2C(C3=c4ccccc4=C(c4ccccccccc4)C4C=CC=CC34)=CC=C(c3ccccc3)C2C=C1. The van der Waals surface area contributed by atoms with Crippen molar-refractivity contribution in [3.8, 4) is 0 Å². The van der Waals surface area contributed by atoms with Crippen LogP contribution in [0.25, 0.3) is 16.7 Å². The van der Waals surface area contributed by atoms with Gasteiger partial charge in [-0.3, -0.25) is 0 Å². The summed E-state index contributed by atoms with van der Waals surface area (Å²) in [6.45, 7) is 0. The smallest absolute Gasteiger partial charge is 0.0137 e. The van der Waals surface area contributed by atoms with Crippen LogP contribution in [-0.4, -0.2) is 0 Å². The predicted octanol–water partition coefficient (Wildman–Crippen LogP) is 7.91. The lowest BCUT2D eigenvalue weighted by Gasteiger charge is -2.39. The van der Waals surface area contributed by atoms with E-state index in [4.69, 9.17) is 0 Å². The van der Waals surface area contributed by atoms with E-state index >= 15 is 0 Å². The van der Waals surface area contributed by atoms with E-state index in [1.165, 1.54) is 43.9 Å². The van der Waals surface area contributed by atoms with Gasteiger partial charge in [-0.25, -0.2) is 0 Å². The molecule has 192 valence electrons. The molecule has 3 aromatic carbocycles. The topological polar surface area (TPSA) is 0 Å². The van der Waals surface area contributed by atoms with Crippen molar-refractivity contribution >= 4 is 16.7 Å². The molecule has 0 amide bonds. The lowest BCUT2D eigenvalue weighted by molar-refractivity contribution is 0.622. The number of benzene rings is 2. The molecule has 4 aliphatic carbocycles. The molecule has 0 heterocycles. The van der Waals surface area contributed by atoms with Crippen LogP contribution in [0, 0.1) is 23.7 Å². The fourth-order valence-electron chi connectivity index (χ4n) is 6.83. The van der Waals surface area contributed by atoms with Crippen molar-refractivity contribution in [2.24, 2.45) is 23.7 Å². The number of allylic oxidation sites excluding steroid dienone is 12. The number of fused-ring (bicyclic) bond motifs is 3. The van der Waals surface area contributed by atoms with Crippen LogP contribution in [0.1, 0.15) is 11.1 Å². The Morgan fingerprint density at radius 3 is 1.35 bits per heavy atom. The van der Waals surface area contributed by atoms with Gasteiger partial charge in [0.15, 0.2) is 0 Å². The first kappa shape index (κ1) is 24.4. The van der Waals surface area contributed by atoms with Crippen LogP contribution in [0.4, 0.5) is 0 Å². The van der Waals surface area contributed by atoms with Crippen LogP contribution in [-0.2, 0) is 0 Å². The lowest BCUT2D eigenvalue weighted by Crippen LogP contribution is -2.41. The van der Waals surface area contributed by atoms with E-state index in [-0.39, 0.29) is 11.8 Å². The van der Waals surface area contributed by atoms with E-state index < -0.39 is 0 Å². The van der Waals surface area contributed by atoms with E-state index in [2.05, 4.69) is 170 Å². The highest BCUT2D eigenvalue weighted by Crippen LogP contribution is 2.48. The zero-order chi connectivity index (χ0) is 26.7. The van der Waals surface area contributed by atoms with E-state index in [0.717, 1.165) is 0 Å². The number of hydrogen-bond acceptors (Lipinski definition) is 0. The molecule has 4 unspecified atom stereocenters. The van der Waals surface area contributed by atoms with Crippen LogP contribution in [0.5, 0.6) is 0 Å². The normalized spacial score (nSPS) is 23.8. The van der Waals surface area contributed by atoms with E-state index in [1.807, 2.05) is 0 Å². The van der Waals surface area contributed by atoms with E-state index in [9.17, 15) is 0 Å². The molecule has 0 aliphatic heterocycles. The third-order valence-corrected chi connectivity index (χ3v) is 8.55. The Balaban J connectivity index is 1.52. The highest BCUT2D eigenvalue weighted by Gasteiger charge is 2.37. The monoisotopic (exact) mass is 512 g/mol. The van der Waals surface area contributed by atoms with E-state index in [1.54, 1.807) is 0 Å². The maximum absolute atomic E-state index is 2.42. The molecule has 0 nitrogen and oxygen atoms in total. The zero-order valence-electron chi connectivity index (χ0n) is 22.5. The summed E-state index contributed by atoms with van der Waals surface area (Å²) in [7, 11) is 0. The second-order valence-corrected chi connectivity index (χ2v) is 10.8. The van der Waals surface area contributed by atoms with Gasteiger partial charge in [0.1, 0.15) is 0 Å². The maximum Gasteiger partial charge on any atom is 0.0137 e. The molecular weight excluding hydrogens is 480 g/mol. The van der Waals surface area contributed by atoms with Gasteiger partial charge in [-0.1, -0.05) is 170 Å². The first-order valence-corrected chi connectivity index (χ1v) is 14.3. The van der Waals surface area contributed by atoms with Gasteiger partial charge in [0, 0.05) is 23.7 Å². The first-order chi connectivity index (χ1) is 19.9. The van der Waals surface area contributed by atoms with Crippen molar-refractivity contribution in [2.45, 2.75) is 0 Å². The Bertz CT molecular complexity index is 1780. The van der Waals surface area contributed by atoms with Gasteiger partial charge in [-0.15, -0.1) is 0 Å². The Morgan fingerprint density at radius 1 is 0.325 bits per heavy atom. The molecule has 0 spiro atoms. The molecule has 4 atom stereocenters. The third-order valence-electron chi connectivity index (χ3n) is 8.55. The van der Waals surface area contributed by atoms with Gasteiger partial charge in [0.2, 0.25) is 0 Å². The van der Waals surface area contributed by atoms with Crippen LogP contribution in [0.15, 0.2) is 176 Å². The van der Waals surface area contributed by atoms with Crippen LogP contribution in [0.3, 0.4) is 0 Å². The number of hydrogen-bond donors (Lipinski definition) is 0. The summed E-state index contributed by atoms with van der Waals surface area (Å²) in [5, 5.41) is 2.69. The molecule has 7 rings (SSSR count). The average Bonchev–Trinajstić information content (AvgIpc) is 3.02. The maximum atomic E-state index is 2.42. The van der Waals surface area contributed by atoms with Crippen LogP contribution >= 0.6 is 0 Å². The van der Waals surface area contributed by atoms with Gasteiger partial charge in [-0.05, 0) is 43.9 Å². The van der Waals surface area contributed by atoms with Crippen molar-refractivity contribution in [1.29, 1.82) is 0 Å². The third kappa shape index (κ3) is 4.36. The van der Waals surface area contributed by atoms with Gasteiger partial charge < -0.3 is 0 Å². The average molecular weight is 513 g/mol. The molecular formula is C40H32. The Kier molecular flexibility index (Phi) is 6.60. The second kappa shape index (κ2) is 10.8. The Labute approximate surface area is 237 Å². The Hall–Kier alpha value is -4.68. The summed E-state index contributed by atoms with van der Waals surface area (Å²) in [5.74, 6) is 1.18. The fourth-order valence-corrected chi connectivity index (χ4v) is 6.83. The van der Waals surface area contributed by atoms with Crippen LogP contribution < -0.4 is 10.4 Å². The zero-order valence-corrected chi connectivity index (χ0v) is 22.5. The van der Waals surface area contributed by atoms with Gasteiger partial charge in [-0.2, -0.15) is 0 Å². The summed E-state index contributed by atoms with van der Waals surface area (Å²) in [4.78, 5) is 0. The summed E-state index contributed by atoms with van der Waals surface area (Å²) in [6.07, 6.45) is 23.3. The minimum atomic E-state index is 0.267. The molecule has 3 aromatic rings. The summed E-state index contributed by atoms with van der Waals surface area (Å²) in [6, 6.07) is 39.2. The predicted molar refractivity (Wildman–Crippen MR) is 169 cm³/mol. The summed E-state index contributed by atoms with van der Waals surface area (Å²) >= 11 is 0. The highest BCUT2D eigenvalue weighted by atomic mass is 14.4. The molecule has 0 saturated heterocycles. The minimum absolute atomic E-state index is 0.267. The molecule has 40 heavy (non-hydrogen) atoms. The van der Waals surface area contributed by atoms with Crippen molar-refractivity contribution < 1.29 is 0 Å². The Morgan fingerprint density at radius 2 is 0.725 bits per heavy atom. The molecule has 0 heteroatoms. The van der Waals surface area contributed by atoms with Crippen molar-refractivity contribution in [3.05, 3.63) is 197 Å². The van der Waals surface area contributed by atoms with Crippen molar-refractivity contribution in [3.63, 3.8) is 0 Å². The molecule has 0 N–H and O–H groups in total. The largest absolute Gasteiger partial charge is 0.0761 e. The molecule has 0 fully saturated rings. The quantitative estimate of drug-likeness (QED) is 0.334. The van der Waals surface area contributed by atoms with E-state index in [0.29, 0.717) is 11.8 Å². The highest BCUT2D eigenvalue weighted by molar-refractivity contribution is 5.84. The summed E-state index contributed by atoms with van der Waals surface area (Å²) in [5.41, 5.74) is 8.27. The second-order valence-electron chi connectivity index (χ2n) is 10.8. The lowest BCUT2D eigenvalue weighted by atomic mass is 9.64. The minimum Gasteiger partial charge on any atom is -0.0761 e. The molecule has 0 aromatic heterocycles. The molecule has 0 saturated carbocycles. The van der Waals surface area contributed by atoms with Gasteiger partial charge in [0.05, 0.1) is 0 Å². The molecule has 4 aliphatic rings. The molecule has 0 bridgehead atoms. The van der Waals surface area contributed by atoms with Crippen LogP contribution in [0.2, 0.25) is 0 Å². The van der Waals surface area contributed by atoms with Crippen molar-refractivity contribution in [2.75, 3.05) is 0 Å². The first-order valence-electron chi connectivity index (χ1n) is 14.3. The number of rotatable bonds is 3.